The van der Waals surface area contributed by atoms with Gasteiger partial charge in [0.25, 0.3) is 0 Å². The maximum absolute atomic E-state index is 9.93. The van der Waals surface area contributed by atoms with E-state index in [1.807, 2.05) is 0 Å². The summed E-state index contributed by atoms with van der Waals surface area (Å²) in [5.41, 5.74) is 1.16. The molecular weight excluding hydrogens is 180 g/mol. The molecule has 0 amide bonds. The molecule has 1 aliphatic rings. The Morgan fingerprint density at radius 1 is 1.54 bits per heavy atom. The first-order chi connectivity index (χ1) is 6.16. The van der Waals surface area contributed by atoms with Crippen LogP contribution >= 0.6 is 11.3 Å². The van der Waals surface area contributed by atoms with Crippen LogP contribution in [0.1, 0.15) is 40.7 Å². The highest BCUT2D eigenvalue weighted by Crippen LogP contribution is 2.39. The average molecular weight is 196 g/mol. The zero-order valence-corrected chi connectivity index (χ0v) is 9.03. The van der Waals surface area contributed by atoms with E-state index in [-0.39, 0.29) is 6.10 Å². The lowest BCUT2D eigenvalue weighted by atomic mass is 10.1. The van der Waals surface area contributed by atoms with Crippen LogP contribution in [0.4, 0.5) is 0 Å². The molecule has 0 aromatic carbocycles. The van der Waals surface area contributed by atoms with Crippen LogP contribution in [0.2, 0.25) is 0 Å². The highest BCUT2D eigenvalue weighted by Gasteiger charge is 2.26. The van der Waals surface area contributed by atoms with Gasteiger partial charge in [0.15, 0.2) is 0 Å². The van der Waals surface area contributed by atoms with E-state index in [1.54, 1.807) is 11.3 Å². The molecule has 1 aromatic heterocycles. The highest BCUT2D eigenvalue weighted by atomic mass is 32.1. The van der Waals surface area contributed by atoms with Crippen molar-refractivity contribution in [2.24, 2.45) is 5.92 Å². The number of hydrogen-bond donors (Lipinski definition) is 1. The third kappa shape index (κ3) is 2.12. The van der Waals surface area contributed by atoms with Crippen LogP contribution in [-0.4, -0.2) is 5.11 Å². The minimum atomic E-state index is -0.211. The first-order valence-electron chi connectivity index (χ1n) is 4.92. The van der Waals surface area contributed by atoms with Gasteiger partial charge >= 0.3 is 0 Å². The Morgan fingerprint density at radius 2 is 2.23 bits per heavy atom. The molecule has 1 heterocycles. The third-order valence-electron chi connectivity index (χ3n) is 2.69. The van der Waals surface area contributed by atoms with Crippen molar-refractivity contribution in [2.75, 3.05) is 0 Å². The molecular formula is C11H16OS. The summed E-state index contributed by atoms with van der Waals surface area (Å²) in [7, 11) is 0. The van der Waals surface area contributed by atoms with Crippen molar-refractivity contribution in [1.29, 1.82) is 0 Å². The molecule has 0 aliphatic heterocycles. The van der Waals surface area contributed by atoms with Crippen molar-refractivity contribution in [3.63, 3.8) is 0 Å². The first-order valence-corrected chi connectivity index (χ1v) is 5.73. The van der Waals surface area contributed by atoms with Crippen LogP contribution in [-0.2, 0) is 0 Å². The first kappa shape index (κ1) is 9.22. The van der Waals surface area contributed by atoms with E-state index in [4.69, 9.17) is 0 Å². The zero-order valence-electron chi connectivity index (χ0n) is 8.21. The molecule has 72 valence electrons. The Labute approximate surface area is 83.4 Å². The Hall–Kier alpha value is -0.340. The third-order valence-corrected chi connectivity index (χ3v) is 3.67. The van der Waals surface area contributed by atoms with E-state index in [0.29, 0.717) is 0 Å². The van der Waals surface area contributed by atoms with Crippen LogP contribution in [0, 0.1) is 19.8 Å². The maximum atomic E-state index is 9.93. The smallest absolute Gasteiger partial charge is 0.0803 e. The molecule has 1 saturated carbocycles. The molecule has 0 radical (unpaired) electrons. The molecule has 1 unspecified atom stereocenters. The number of hydrogen-bond acceptors (Lipinski definition) is 2. The second-order valence-electron chi connectivity index (χ2n) is 4.06. The van der Waals surface area contributed by atoms with Crippen LogP contribution in [0.15, 0.2) is 6.07 Å². The van der Waals surface area contributed by atoms with Crippen LogP contribution in [0.25, 0.3) is 0 Å². The lowest BCUT2D eigenvalue weighted by Gasteiger charge is -2.08. The molecule has 0 spiro atoms. The molecule has 2 heteroatoms. The number of aliphatic hydroxyl groups is 1. The Balaban J connectivity index is 2.08. The highest BCUT2D eigenvalue weighted by molar-refractivity contribution is 7.12. The number of rotatable bonds is 3. The molecule has 1 aliphatic carbocycles. The largest absolute Gasteiger partial charge is 0.388 e. The monoisotopic (exact) mass is 196 g/mol. The van der Waals surface area contributed by atoms with Crippen molar-refractivity contribution >= 4 is 11.3 Å². The van der Waals surface area contributed by atoms with Crippen molar-refractivity contribution in [3.05, 3.63) is 21.4 Å². The van der Waals surface area contributed by atoms with Crippen molar-refractivity contribution in [1.82, 2.24) is 0 Å². The molecule has 0 bridgehead atoms. The molecule has 13 heavy (non-hydrogen) atoms. The van der Waals surface area contributed by atoms with E-state index in [1.165, 1.54) is 22.6 Å². The van der Waals surface area contributed by atoms with Gasteiger partial charge in [-0.2, -0.15) is 0 Å². The standard InChI is InChI=1S/C11H16OS/c1-7-5-10(8(2)13-7)11(12)6-9-3-4-9/h5,9,11-12H,3-4,6H2,1-2H3. The van der Waals surface area contributed by atoms with Gasteiger partial charge in [-0.15, -0.1) is 11.3 Å². The Bertz CT molecular complexity index is 299. The normalized spacial score (nSPS) is 19.0. The van der Waals surface area contributed by atoms with Gasteiger partial charge in [-0.1, -0.05) is 12.8 Å². The van der Waals surface area contributed by atoms with Crippen LogP contribution < -0.4 is 0 Å². The lowest BCUT2D eigenvalue weighted by Crippen LogP contribution is -1.98. The second kappa shape index (κ2) is 3.43. The van der Waals surface area contributed by atoms with Gasteiger partial charge in [0.05, 0.1) is 6.10 Å². The quantitative estimate of drug-likeness (QED) is 0.787. The Kier molecular flexibility index (Phi) is 2.43. The summed E-state index contributed by atoms with van der Waals surface area (Å²) in [6, 6.07) is 2.13. The molecule has 1 fully saturated rings. The van der Waals surface area contributed by atoms with Gasteiger partial charge in [-0.05, 0) is 37.8 Å². The average Bonchev–Trinajstić information content (AvgIpc) is 2.77. The van der Waals surface area contributed by atoms with E-state index in [9.17, 15) is 5.11 Å². The van der Waals surface area contributed by atoms with E-state index < -0.39 is 0 Å². The van der Waals surface area contributed by atoms with Crippen LogP contribution in [0.5, 0.6) is 0 Å². The molecule has 0 saturated heterocycles. The van der Waals surface area contributed by atoms with Gasteiger partial charge in [0, 0.05) is 9.75 Å². The van der Waals surface area contributed by atoms with Crippen LogP contribution in [0.3, 0.4) is 0 Å². The molecule has 1 nitrogen and oxygen atoms in total. The topological polar surface area (TPSA) is 20.2 Å². The van der Waals surface area contributed by atoms with Gasteiger partial charge in [0.2, 0.25) is 0 Å². The van der Waals surface area contributed by atoms with Gasteiger partial charge in [0.1, 0.15) is 0 Å². The van der Waals surface area contributed by atoms with Crippen molar-refractivity contribution in [2.45, 2.75) is 39.2 Å². The summed E-state index contributed by atoms with van der Waals surface area (Å²) in [5, 5.41) is 9.93. The molecule has 1 atom stereocenters. The molecule has 1 aromatic rings. The van der Waals surface area contributed by atoms with Crippen molar-refractivity contribution in [3.8, 4) is 0 Å². The minimum Gasteiger partial charge on any atom is -0.388 e. The van der Waals surface area contributed by atoms with Gasteiger partial charge in [-0.25, -0.2) is 0 Å². The summed E-state index contributed by atoms with van der Waals surface area (Å²) in [4.78, 5) is 2.59. The predicted molar refractivity (Wildman–Crippen MR) is 56.1 cm³/mol. The SMILES string of the molecule is Cc1cc(C(O)CC2CC2)c(C)s1. The van der Waals surface area contributed by atoms with Gasteiger partial charge < -0.3 is 5.11 Å². The lowest BCUT2D eigenvalue weighted by molar-refractivity contribution is 0.160. The van der Waals surface area contributed by atoms with E-state index in [2.05, 4.69) is 19.9 Å². The molecule has 2 rings (SSSR count). The maximum Gasteiger partial charge on any atom is 0.0803 e. The molecule has 1 N–H and O–H groups in total. The summed E-state index contributed by atoms with van der Waals surface area (Å²) in [6.07, 6.45) is 3.40. The fraction of sp³-hybridized carbons (Fsp3) is 0.636. The second-order valence-corrected chi connectivity index (χ2v) is 5.52. The van der Waals surface area contributed by atoms with E-state index in [0.717, 1.165) is 17.9 Å². The van der Waals surface area contributed by atoms with E-state index >= 15 is 0 Å². The number of thiophene rings is 1. The summed E-state index contributed by atoms with van der Waals surface area (Å²) >= 11 is 1.79. The summed E-state index contributed by atoms with van der Waals surface area (Å²) < 4.78 is 0. The fourth-order valence-electron chi connectivity index (χ4n) is 1.78. The zero-order chi connectivity index (χ0) is 9.42. The fourth-order valence-corrected chi connectivity index (χ4v) is 2.76. The number of aliphatic hydroxyl groups excluding tert-OH is 1. The summed E-state index contributed by atoms with van der Waals surface area (Å²) in [5.74, 6) is 0.801. The number of aryl methyl sites for hydroxylation is 2. The summed E-state index contributed by atoms with van der Waals surface area (Å²) in [6.45, 7) is 4.20. The van der Waals surface area contributed by atoms with Gasteiger partial charge in [-0.3, -0.25) is 0 Å². The predicted octanol–water partition coefficient (Wildman–Crippen LogP) is 3.20. The van der Waals surface area contributed by atoms with Crippen molar-refractivity contribution < 1.29 is 5.11 Å². The minimum absolute atomic E-state index is 0.211. The Morgan fingerprint density at radius 3 is 2.69 bits per heavy atom.